The van der Waals surface area contributed by atoms with Crippen molar-refractivity contribution >= 4 is 17.4 Å². The number of rotatable bonds is 7. The van der Waals surface area contributed by atoms with Crippen LogP contribution in [0.3, 0.4) is 0 Å². The van der Waals surface area contributed by atoms with Gasteiger partial charge in [-0.25, -0.2) is 0 Å². The minimum atomic E-state index is -0.164. The number of hydrogen-bond donors (Lipinski definition) is 0. The Morgan fingerprint density at radius 2 is 1.69 bits per heavy atom. The first-order valence-corrected chi connectivity index (χ1v) is 9.65. The minimum absolute atomic E-state index is 0.0967. The number of likely N-dealkylation sites (tertiary alicyclic amines) is 1. The van der Waals surface area contributed by atoms with Gasteiger partial charge in [-0.1, -0.05) is 25.5 Å². The zero-order valence-corrected chi connectivity index (χ0v) is 16.0. The number of nitrogens with zero attached hydrogens (tertiary/aromatic N) is 2. The zero-order chi connectivity index (χ0) is 18.7. The maximum absolute atomic E-state index is 13.0. The van der Waals surface area contributed by atoms with Crippen LogP contribution in [-0.4, -0.2) is 47.4 Å². The van der Waals surface area contributed by atoms with E-state index >= 15 is 0 Å². The topological polar surface area (TPSA) is 49.9 Å². The lowest BCUT2D eigenvalue weighted by molar-refractivity contribution is -0.137. The van der Waals surface area contributed by atoms with Crippen LogP contribution in [0, 0.1) is 0 Å². The fourth-order valence-corrected chi connectivity index (χ4v) is 3.55. The van der Waals surface area contributed by atoms with Crippen LogP contribution in [-0.2, 0) is 9.59 Å². The Labute approximate surface area is 155 Å². The van der Waals surface area contributed by atoms with Crippen LogP contribution in [0.25, 0.3) is 5.57 Å². The first-order chi connectivity index (χ1) is 12.5. The Balaban J connectivity index is 1.95. The summed E-state index contributed by atoms with van der Waals surface area (Å²) in [5.74, 6) is 0.470. The molecule has 2 aliphatic heterocycles. The van der Waals surface area contributed by atoms with E-state index in [4.69, 9.17) is 4.74 Å². The minimum Gasteiger partial charge on any atom is -0.491 e. The molecule has 1 fully saturated rings. The summed E-state index contributed by atoms with van der Waals surface area (Å²) in [6.07, 6.45) is 4.01. The van der Waals surface area contributed by atoms with E-state index in [2.05, 4.69) is 11.8 Å². The second kappa shape index (κ2) is 7.94. The van der Waals surface area contributed by atoms with E-state index in [0.717, 1.165) is 50.1 Å². The Hall–Kier alpha value is -2.30. The van der Waals surface area contributed by atoms with Gasteiger partial charge in [-0.15, -0.1) is 0 Å². The van der Waals surface area contributed by atoms with Crippen molar-refractivity contribution in [1.82, 2.24) is 9.80 Å². The number of carbonyl (C=O) groups is 2. The fourth-order valence-electron chi connectivity index (χ4n) is 3.55. The van der Waals surface area contributed by atoms with Crippen molar-refractivity contribution in [2.24, 2.45) is 0 Å². The van der Waals surface area contributed by atoms with E-state index in [1.54, 1.807) is 0 Å². The third kappa shape index (κ3) is 3.62. The standard InChI is InChI=1S/C21H28N2O3/c1-4-5-14-23-20(24)18(19(21(23)25)22-12-6-7-13-22)16-8-10-17(11-9-16)26-15(2)3/h8-11,15H,4-7,12-14H2,1-3H3. The largest absolute Gasteiger partial charge is 0.491 e. The van der Waals surface area contributed by atoms with Crippen LogP contribution in [0.5, 0.6) is 5.75 Å². The van der Waals surface area contributed by atoms with E-state index in [-0.39, 0.29) is 17.9 Å². The molecular formula is C21H28N2O3. The van der Waals surface area contributed by atoms with Gasteiger partial charge in [-0.3, -0.25) is 14.5 Å². The van der Waals surface area contributed by atoms with Gasteiger partial charge in [0.2, 0.25) is 0 Å². The highest BCUT2D eigenvalue weighted by molar-refractivity contribution is 6.35. The Bertz CT molecular complexity index is 700. The molecule has 0 saturated carbocycles. The van der Waals surface area contributed by atoms with Crippen LogP contribution >= 0.6 is 0 Å². The van der Waals surface area contributed by atoms with Crippen LogP contribution in [0.4, 0.5) is 0 Å². The fraction of sp³-hybridized carbons (Fsp3) is 0.524. The summed E-state index contributed by atoms with van der Waals surface area (Å²) in [6, 6.07) is 7.52. The molecule has 26 heavy (non-hydrogen) atoms. The zero-order valence-electron chi connectivity index (χ0n) is 16.0. The lowest BCUT2D eigenvalue weighted by Crippen LogP contribution is -2.35. The molecule has 5 heteroatoms. The van der Waals surface area contributed by atoms with Crippen molar-refractivity contribution in [3.8, 4) is 5.75 Å². The van der Waals surface area contributed by atoms with E-state index in [0.29, 0.717) is 17.8 Å². The highest BCUT2D eigenvalue weighted by atomic mass is 16.5. The highest BCUT2D eigenvalue weighted by Gasteiger charge is 2.41. The number of carbonyl (C=O) groups excluding carboxylic acids is 2. The normalized spacial score (nSPS) is 17.8. The van der Waals surface area contributed by atoms with Crippen molar-refractivity contribution in [1.29, 1.82) is 0 Å². The molecule has 0 bridgehead atoms. The van der Waals surface area contributed by atoms with Crippen molar-refractivity contribution in [2.45, 2.75) is 52.6 Å². The lowest BCUT2D eigenvalue weighted by Gasteiger charge is -2.20. The van der Waals surface area contributed by atoms with E-state index in [1.807, 2.05) is 38.1 Å². The molecule has 2 amide bonds. The van der Waals surface area contributed by atoms with Gasteiger partial charge in [0, 0.05) is 19.6 Å². The second-order valence-electron chi connectivity index (χ2n) is 7.22. The molecular weight excluding hydrogens is 328 g/mol. The quantitative estimate of drug-likeness (QED) is 0.702. The molecule has 0 radical (unpaired) electrons. The molecule has 3 rings (SSSR count). The predicted octanol–water partition coefficient (Wildman–Crippen LogP) is 3.45. The summed E-state index contributed by atoms with van der Waals surface area (Å²) >= 11 is 0. The average Bonchev–Trinajstić information content (AvgIpc) is 3.21. The SMILES string of the molecule is CCCCN1C(=O)C(c2ccc(OC(C)C)cc2)=C(N2CCCC2)C1=O. The molecule has 2 heterocycles. The van der Waals surface area contributed by atoms with Gasteiger partial charge in [-0.05, 0) is 50.8 Å². The maximum atomic E-state index is 13.0. The monoisotopic (exact) mass is 356 g/mol. The van der Waals surface area contributed by atoms with Gasteiger partial charge < -0.3 is 9.64 Å². The van der Waals surface area contributed by atoms with E-state index in [9.17, 15) is 9.59 Å². The number of amides is 2. The lowest BCUT2D eigenvalue weighted by atomic mass is 10.0. The smallest absolute Gasteiger partial charge is 0.277 e. The Kier molecular flexibility index (Phi) is 5.64. The van der Waals surface area contributed by atoms with Crippen molar-refractivity contribution in [3.63, 3.8) is 0 Å². The second-order valence-corrected chi connectivity index (χ2v) is 7.22. The number of hydrogen-bond acceptors (Lipinski definition) is 4. The molecule has 1 saturated heterocycles. The molecule has 0 N–H and O–H groups in total. The van der Waals surface area contributed by atoms with Gasteiger partial charge in [0.1, 0.15) is 11.4 Å². The summed E-state index contributed by atoms with van der Waals surface area (Å²) in [6.45, 7) is 8.19. The number of imide groups is 1. The number of benzene rings is 1. The third-order valence-electron chi connectivity index (χ3n) is 4.82. The Morgan fingerprint density at radius 3 is 2.27 bits per heavy atom. The molecule has 1 aromatic rings. The molecule has 2 aliphatic rings. The summed E-state index contributed by atoms with van der Waals surface area (Å²) in [4.78, 5) is 29.5. The summed E-state index contributed by atoms with van der Waals surface area (Å²) in [7, 11) is 0. The number of ether oxygens (including phenoxy) is 1. The van der Waals surface area contributed by atoms with Crippen molar-refractivity contribution in [3.05, 3.63) is 35.5 Å². The molecule has 140 valence electrons. The van der Waals surface area contributed by atoms with Gasteiger partial charge >= 0.3 is 0 Å². The first-order valence-electron chi connectivity index (χ1n) is 9.65. The van der Waals surface area contributed by atoms with Gasteiger partial charge in [0.15, 0.2) is 0 Å². The predicted molar refractivity (Wildman–Crippen MR) is 102 cm³/mol. The average molecular weight is 356 g/mol. The van der Waals surface area contributed by atoms with Gasteiger partial charge in [0.05, 0.1) is 11.7 Å². The molecule has 1 aromatic carbocycles. The maximum Gasteiger partial charge on any atom is 0.277 e. The molecule has 5 nitrogen and oxygen atoms in total. The molecule has 0 aliphatic carbocycles. The molecule has 0 aromatic heterocycles. The summed E-state index contributed by atoms with van der Waals surface area (Å²) in [5.41, 5.74) is 1.92. The van der Waals surface area contributed by atoms with Crippen LogP contribution < -0.4 is 4.74 Å². The van der Waals surface area contributed by atoms with Crippen LogP contribution in [0.15, 0.2) is 30.0 Å². The molecule has 0 spiro atoms. The third-order valence-corrected chi connectivity index (χ3v) is 4.82. The van der Waals surface area contributed by atoms with E-state index in [1.165, 1.54) is 4.90 Å². The number of unbranched alkanes of at least 4 members (excludes halogenated alkanes) is 1. The highest BCUT2D eigenvalue weighted by Crippen LogP contribution is 2.34. The summed E-state index contributed by atoms with van der Waals surface area (Å²) < 4.78 is 5.69. The van der Waals surface area contributed by atoms with Crippen LogP contribution in [0.2, 0.25) is 0 Å². The van der Waals surface area contributed by atoms with Crippen LogP contribution in [0.1, 0.15) is 52.0 Å². The summed E-state index contributed by atoms with van der Waals surface area (Å²) in [5, 5.41) is 0. The molecule has 0 atom stereocenters. The van der Waals surface area contributed by atoms with E-state index < -0.39 is 0 Å². The molecule has 0 unspecified atom stereocenters. The Morgan fingerprint density at radius 1 is 1.04 bits per heavy atom. The van der Waals surface area contributed by atoms with Crippen molar-refractivity contribution in [2.75, 3.05) is 19.6 Å². The van der Waals surface area contributed by atoms with Gasteiger partial charge in [-0.2, -0.15) is 0 Å². The first kappa shape index (κ1) is 18.5. The van der Waals surface area contributed by atoms with Gasteiger partial charge in [0.25, 0.3) is 11.8 Å². The van der Waals surface area contributed by atoms with Crippen molar-refractivity contribution < 1.29 is 14.3 Å².